The van der Waals surface area contributed by atoms with Crippen molar-refractivity contribution in [2.24, 2.45) is 23.7 Å². The van der Waals surface area contributed by atoms with Crippen LogP contribution in [0.25, 0.3) is 0 Å². The van der Waals surface area contributed by atoms with E-state index in [-0.39, 0.29) is 17.9 Å². The van der Waals surface area contributed by atoms with Crippen LogP contribution >= 0.6 is 0 Å². The van der Waals surface area contributed by atoms with E-state index in [0.717, 1.165) is 38.5 Å². The molecule has 0 aromatic carbocycles. The molecule has 0 amide bonds. The largest absolute Gasteiger partial charge is 0.466 e. The Bertz CT molecular complexity index is 512. The van der Waals surface area contributed by atoms with E-state index in [1.807, 2.05) is 0 Å². The quantitative estimate of drug-likeness (QED) is 0.0906. The topological polar surface area (TPSA) is 52.6 Å². The van der Waals surface area contributed by atoms with Gasteiger partial charge in [-0.15, -0.1) is 0 Å². The Balaban J connectivity index is 3.46. The molecule has 0 radical (unpaired) electrons. The molecule has 0 aliphatic heterocycles. The smallest absolute Gasteiger partial charge is 0.309 e. The van der Waals surface area contributed by atoms with Crippen LogP contribution in [-0.2, 0) is 19.1 Å². The summed E-state index contributed by atoms with van der Waals surface area (Å²) in [7, 11) is 0. The first kappa shape index (κ1) is 34.9. The lowest BCUT2D eigenvalue weighted by Gasteiger charge is -2.19. The summed E-state index contributed by atoms with van der Waals surface area (Å²) >= 11 is 0. The maximum absolute atomic E-state index is 12.4. The van der Waals surface area contributed by atoms with Gasteiger partial charge in [0.05, 0.1) is 19.1 Å². The molecule has 214 valence electrons. The Kier molecular flexibility index (Phi) is 23.6. The van der Waals surface area contributed by atoms with Gasteiger partial charge < -0.3 is 9.47 Å². The number of rotatable bonds is 25. The fraction of sp³-hybridized carbons (Fsp3) is 0.938. The molecule has 0 N–H and O–H groups in total. The van der Waals surface area contributed by atoms with Gasteiger partial charge in [-0.1, -0.05) is 125 Å². The first-order chi connectivity index (χ1) is 17.2. The second-order valence-corrected chi connectivity index (χ2v) is 12.1. The first-order valence-electron chi connectivity index (χ1n) is 15.6. The van der Waals surface area contributed by atoms with E-state index in [9.17, 15) is 9.59 Å². The van der Waals surface area contributed by atoms with Gasteiger partial charge in [0, 0.05) is 6.42 Å². The maximum Gasteiger partial charge on any atom is 0.309 e. The van der Waals surface area contributed by atoms with Crippen LogP contribution in [-0.4, -0.2) is 25.2 Å². The van der Waals surface area contributed by atoms with E-state index in [4.69, 9.17) is 9.47 Å². The van der Waals surface area contributed by atoms with Gasteiger partial charge in [-0.3, -0.25) is 9.59 Å². The number of unbranched alkanes of at least 4 members (excludes halogenated alkanes) is 13. The molecule has 0 bridgehead atoms. The second-order valence-electron chi connectivity index (χ2n) is 12.1. The van der Waals surface area contributed by atoms with Gasteiger partial charge >= 0.3 is 11.9 Å². The molecular formula is C32H62O4. The molecule has 0 spiro atoms. The van der Waals surface area contributed by atoms with E-state index in [1.54, 1.807) is 0 Å². The molecular weight excluding hydrogens is 448 g/mol. The molecule has 4 nitrogen and oxygen atoms in total. The van der Waals surface area contributed by atoms with Gasteiger partial charge in [0.1, 0.15) is 0 Å². The minimum atomic E-state index is -0.0207. The molecule has 1 unspecified atom stereocenters. The van der Waals surface area contributed by atoms with E-state index >= 15 is 0 Å². The third-order valence-corrected chi connectivity index (χ3v) is 7.15. The average molecular weight is 511 g/mol. The van der Waals surface area contributed by atoms with Gasteiger partial charge in [0.2, 0.25) is 0 Å². The van der Waals surface area contributed by atoms with Crippen LogP contribution in [0.5, 0.6) is 0 Å². The summed E-state index contributed by atoms with van der Waals surface area (Å²) in [5, 5.41) is 0. The fourth-order valence-electron chi connectivity index (χ4n) is 4.46. The number of carbonyl (C=O) groups is 2. The lowest BCUT2D eigenvalue weighted by Crippen LogP contribution is -2.23. The Labute approximate surface area is 225 Å². The third kappa shape index (κ3) is 23.3. The Hall–Kier alpha value is -1.06. The van der Waals surface area contributed by atoms with Crippen molar-refractivity contribution >= 4 is 11.9 Å². The summed E-state index contributed by atoms with van der Waals surface area (Å²) in [6.45, 7) is 14.0. The highest BCUT2D eigenvalue weighted by atomic mass is 16.5. The SMILES string of the molecule is CC(C)CCOC(=O)CCCCCCCCCCCCCCCCC(C(=O)OCCC(C)C)C(C)C. The van der Waals surface area contributed by atoms with Crippen LogP contribution in [0.2, 0.25) is 0 Å². The highest BCUT2D eigenvalue weighted by molar-refractivity contribution is 5.72. The molecule has 0 saturated heterocycles. The van der Waals surface area contributed by atoms with Crippen LogP contribution in [0.1, 0.15) is 157 Å². The van der Waals surface area contributed by atoms with Crippen molar-refractivity contribution in [3.63, 3.8) is 0 Å². The Morgan fingerprint density at radius 3 is 1.31 bits per heavy atom. The van der Waals surface area contributed by atoms with Crippen molar-refractivity contribution in [2.75, 3.05) is 13.2 Å². The normalized spacial score (nSPS) is 12.5. The van der Waals surface area contributed by atoms with Gasteiger partial charge in [-0.25, -0.2) is 0 Å². The lowest BCUT2D eigenvalue weighted by molar-refractivity contribution is -0.150. The number of hydrogen-bond acceptors (Lipinski definition) is 4. The molecule has 0 fully saturated rings. The summed E-state index contributed by atoms with van der Waals surface area (Å²) in [6, 6.07) is 0. The van der Waals surface area contributed by atoms with Gasteiger partial charge in [0.25, 0.3) is 0 Å². The van der Waals surface area contributed by atoms with Gasteiger partial charge in [0.15, 0.2) is 0 Å². The highest BCUT2D eigenvalue weighted by Crippen LogP contribution is 2.22. The molecule has 0 aromatic rings. The van der Waals surface area contributed by atoms with E-state index in [2.05, 4.69) is 41.5 Å². The average Bonchev–Trinajstić information content (AvgIpc) is 2.80. The van der Waals surface area contributed by atoms with E-state index < -0.39 is 0 Å². The molecule has 0 aliphatic rings. The van der Waals surface area contributed by atoms with E-state index in [0.29, 0.717) is 37.4 Å². The standard InChI is InChI=1S/C32H62O4/c1-27(2)23-25-35-31(33)22-20-18-16-14-12-10-8-7-9-11-13-15-17-19-21-30(29(5)6)32(34)36-26-24-28(3)4/h27-30H,7-26H2,1-6H3. The van der Waals surface area contributed by atoms with Crippen molar-refractivity contribution in [1.29, 1.82) is 0 Å². The zero-order valence-electron chi connectivity index (χ0n) is 25.1. The van der Waals surface area contributed by atoms with E-state index in [1.165, 1.54) is 70.6 Å². The Morgan fingerprint density at radius 2 is 0.889 bits per heavy atom. The second kappa shape index (κ2) is 24.3. The monoisotopic (exact) mass is 510 g/mol. The van der Waals surface area contributed by atoms with Crippen LogP contribution in [0.15, 0.2) is 0 Å². The third-order valence-electron chi connectivity index (χ3n) is 7.15. The number of esters is 2. The molecule has 0 aliphatic carbocycles. The predicted molar refractivity (Wildman–Crippen MR) is 153 cm³/mol. The van der Waals surface area contributed by atoms with Crippen LogP contribution in [0, 0.1) is 23.7 Å². The summed E-state index contributed by atoms with van der Waals surface area (Å²) < 4.78 is 10.8. The molecule has 0 rings (SSSR count). The molecule has 4 heteroatoms. The van der Waals surface area contributed by atoms with Crippen molar-refractivity contribution in [1.82, 2.24) is 0 Å². The van der Waals surface area contributed by atoms with Crippen molar-refractivity contribution < 1.29 is 19.1 Å². The fourth-order valence-corrected chi connectivity index (χ4v) is 4.46. The van der Waals surface area contributed by atoms with Gasteiger partial charge in [-0.05, 0) is 43.4 Å². The molecule has 0 aromatic heterocycles. The zero-order valence-corrected chi connectivity index (χ0v) is 25.1. The van der Waals surface area contributed by atoms with Gasteiger partial charge in [-0.2, -0.15) is 0 Å². The summed E-state index contributed by atoms with van der Waals surface area (Å²) in [5.41, 5.74) is 0. The number of carbonyl (C=O) groups excluding carboxylic acids is 2. The van der Waals surface area contributed by atoms with Crippen molar-refractivity contribution in [3.05, 3.63) is 0 Å². The minimum absolute atomic E-state index is 0.0165. The highest BCUT2D eigenvalue weighted by Gasteiger charge is 2.23. The lowest BCUT2D eigenvalue weighted by atomic mass is 9.90. The molecule has 0 saturated carbocycles. The molecule has 1 atom stereocenters. The number of ether oxygens (including phenoxy) is 2. The first-order valence-corrected chi connectivity index (χ1v) is 15.6. The predicted octanol–water partition coefficient (Wildman–Crippen LogP) is 9.68. The van der Waals surface area contributed by atoms with Crippen LogP contribution < -0.4 is 0 Å². The zero-order chi connectivity index (χ0) is 27.0. The number of hydrogen-bond donors (Lipinski definition) is 0. The van der Waals surface area contributed by atoms with Crippen LogP contribution in [0.4, 0.5) is 0 Å². The van der Waals surface area contributed by atoms with Crippen LogP contribution in [0.3, 0.4) is 0 Å². The summed E-state index contributed by atoms with van der Waals surface area (Å²) in [6.07, 6.45) is 21.2. The van der Waals surface area contributed by atoms with Crippen molar-refractivity contribution in [2.45, 2.75) is 157 Å². The molecule has 36 heavy (non-hydrogen) atoms. The minimum Gasteiger partial charge on any atom is -0.466 e. The summed E-state index contributed by atoms with van der Waals surface area (Å²) in [4.78, 5) is 24.0. The Morgan fingerprint density at radius 1 is 0.500 bits per heavy atom. The summed E-state index contributed by atoms with van der Waals surface area (Å²) in [5.74, 6) is 1.59. The maximum atomic E-state index is 12.4. The molecule has 0 heterocycles. The van der Waals surface area contributed by atoms with Crippen molar-refractivity contribution in [3.8, 4) is 0 Å².